The molecule has 2 aromatic rings. The van der Waals surface area contributed by atoms with Gasteiger partial charge in [0.25, 0.3) is 0 Å². The predicted octanol–water partition coefficient (Wildman–Crippen LogP) is -0.252. The molecule has 5 atom stereocenters. The van der Waals surface area contributed by atoms with Crippen LogP contribution in [0.5, 0.6) is 0 Å². The molecular weight excluding hydrogens is 304 g/mol. The number of benzene rings is 1. The zero-order valence-corrected chi connectivity index (χ0v) is 12.6. The molecule has 1 saturated heterocycles. The van der Waals surface area contributed by atoms with Gasteiger partial charge in [-0.15, -0.1) is 0 Å². The van der Waals surface area contributed by atoms with Crippen molar-refractivity contribution in [2.75, 3.05) is 0 Å². The molecule has 124 valence electrons. The Morgan fingerprint density at radius 1 is 1.13 bits per heavy atom. The van der Waals surface area contributed by atoms with E-state index in [0.29, 0.717) is 10.9 Å². The average molecular weight is 322 g/mol. The van der Waals surface area contributed by atoms with Gasteiger partial charge in [-0.05, 0) is 25.5 Å². The van der Waals surface area contributed by atoms with Crippen molar-refractivity contribution in [3.63, 3.8) is 0 Å². The lowest BCUT2D eigenvalue weighted by atomic mass is 9.88. The first-order chi connectivity index (χ1) is 10.7. The zero-order chi connectivity index (χ0) is 16.9. The van der Waals surface area contributed by atoms with Crippen LogP contribution in [-0.4, -0.2) is 44.8 Å². The second-order valence-corrected chi connectivity index (χ2v) is 5.90. The molecule has 4 N–H and O–H groups in total. The highest BCUT2D eigenvalue weighted by molar-refractivity contribution is 5.80. The van der Waals surface area contributed by atoms with Crippen molar-refractivity contribution < 1.29 is 29.6 Å². The van der Waals surface area contributed by atoms with Crippen molar-refractivity contribution in [3.8, 4) is 0 Å². The minimum Gasteiger partial charge on any atom is -0.423 e. The van der Waals surface area contributed by atoms with Gasteiger partial charge >= 0.3 is 5.63 Å². The van der Waals surface area contributed by atoms with Crippen LogP contribution in [0.15, 0.2) is 33.5 Å². The second-order valence-electron chi connectivity index (χ2n) is 5.90. The first kappa shape index (κ1) is 16.1. The smallest absolute Gasteiger partial charge is 0.336 e. The fourth-order valence-electron chi connectivity index (χ4n) is 2.91. The number of aliphatic hydroxyl groups is 4. The molecule has 0 saturated carbocycles. The van der Waals surface area contributed by atoms with Gasteiger partial charge in [-0.3, -0.25) is 0 Å². The minimum atomic E-state index is -2.23. The summed E-state index contributed by atoms with van der Waals surface area (Å²) in [5.41, 5.74) is 0.519. The number of hydrogen-bond donors (Lipinski definition) is 4. The molecule has 0 bridgehead atoms. The third-order valence-electron chi connectivity index (χ3n) is 4.29. The minimum absolute atomic E-state index is 0.115. The zero-order valence-electron chi connectivity index (χ0n) is 12.6. The molecule has 7 nitrogen and oxygen atoms in total. The Balaban J connectivity index is 2.13. The van der Waals surface area contributed by atoms with E-state index in [1.165, 1.54) is 25.1 Å². The van der Waals surface area contributed by atoms with Crippen molar-refractivity contribution in [2.45, 2.75) is 44.1 Å². The summed E-state index contributed by atoms with van der Waals surface area (Å²) in [5.74, 6) is -2.23. The van der Waals surface area contributed by atoms with Crippen molar-refractivity contribution >= 4 is 11.0 Å². The van der Waals surface area contributed by atoms with Gasteiger partial charge in [0.2, 0.25) is 5.79 Å². The number of hydrogen-bond acceptors (Lipinski definition) is 7. The number of fused-ring (bicyclic) bond motifs is 1. The fraction of sp³-hybridized carbons (Fsp3) is 0.438. The maximum absolute atomic E-state index is 11.5. The predicted molar refractivity (Wildman–Crippen MR) is 79.7 cm³/mol. The molecule has 2 heterocycles. The van der Waals surface area contributed by atoms with Crippen molar-refractivity contribution in [1.82, 2.24) is 0 Å². The Morgan fingerprint density at radius 2 is 1.83 bits per heavy atom. The van der Waals surface area contributed by atoms with Crippen LogP contribution in [0.25, 0.3) is 11.0 Å². The molecule has 0 aliphatic carbocycles. The van der Waals surface area contributed by atoms with Gasteiger partial charge in [0.1, 0.15) is 23.9 Å². The Bertz CT molecular complexity index is 799. The quantitative estimate of drug-likeness (QED) is 0.534. The van der Waals surface area contributed by atoms with Crippen LogP contribution >= 0.6 is 0 Å². The van der Waals surface area contributed by atoms with E-state index in [2.05, 4.69) is 0 Å². The normalized spacial score (nSPS) is 34.7. The third kappa shape index (κ3) is 2.46. The van der Waals surface area contributed by atoms with Crippen LogP contribution in [0.4, 0.5) is 0 Å². The van der Waals surface area contributed by atoms with Crippen LogP contribution in [0.2, 0.25) is 0 Å². The maximum Gasteiger partial charge on any atom is 0.336 e. The molecule has 1 aliphatic rings. The second kappa shape index (κ2) is 5.40. The largest absolute Gasteiger partial charge is 0.423 e. The SMILES string of the molecule is Cc1cc(=O)oc2cc([C@]3(O)O[C@H](C)[C@@H](O)[C@H](O)[C@H]3O)ccc12. The van der Waals surface area contributed by atoms with Crippen molar-refractivity contribution in [2.24, 2.45) is 0 Å². The van der Waals surface area contributed by atoms with Crippen LogP contribution in [0, 0.1) is 6.92 Å². The van der Waals surface area contributed by atoms with Gasteiger partial charge in [-0.2, -0.15) is 0 Å². The fourth-order valence-corrected chi connectivity index (χ4v) is 2.91. The molecule has 0 unspecified atom stereocenters. The van der Waals surface area contributed by atoms with E-state index < -0.39 is 35.8 Å². The lowest BCUT2D eigenvalue weighted by molar-refractivity contribution is -0.351. The van der Waals surface area contributed by atoms with E-state index in [1.807, 2.05) is 0 Å². The van der Waals surface area contributed by atoms with Crippen LogP contribution in [-0.2, 0) is 10.5 Å². The molecule has 0 amide bonds. The lowest BCUT2D eigenvalue weighted by Crippen LogP contribution is -2.62. The van der Waals surface area contributed by atoms with E-state index in [0.717, 1.165) is 0 Å². The average Bonchev–Trinajstić information content (AvgIpc) is 2.50. The summed E-state index contributed by atoms with van der Waals surface area (Å²) in [5, 5.41) is 41.2. The summed E-state index contributed by atoms with van der Waals surface area (Å²) >= 11 is 0. The molecule has 0 radical (unpaired) electrons. The Labute approximate surface area is 131 Å². The molecule has 0 spiro atoms. The summed E-state index contributed by atoms with van der Waals surface area (Å²) in [4.78, 5) is 11.5. The highest BCUT2D eigenvalue weighted by Crippen LogP contribution is 2.37. The van der Waals surface area contributed by atoms with Crippen molar-refractivity contribution in [1.29, 1.82) is 0 Å². The third-order valence-corrected chi connectivity index (χ3v) is 4.29. The first-order valence-corrected chi connectivity index (χ1v) is 7.23. The van der Waals surface area contributed by atoms with Crippen LogP contribution in [0.3, 0.4) is 0 Å². The van der Waals surface area contributed by atoms with Gasteiger partial charge in [-0.25, -0.2) is 4.79 Å². The highest BCUT2D eigenvalue weighted by atomic mass is 16.7. The number of rotatable bonds is 1. The molecular formula is C16H18O7. The van der Waals surface area contributed by atoms with Crippen LogP contribution < -0.4 is 5.63 Å². The van der Waals surface area contributed by atoms with E-state index in [1.54, 1.807) is 13.0 Å². The Morgan fingerprint density at radius 3 is 2.52 bits per heavy atom. The molecule has 3 rings (SSSR count). The number of aliphatic hydroxyl groups excluding tert-OH is 3. The molecule has 7 heteroatoms. The summed E-state index contributed by atoms with van der Waals surface area (Å²) in [6, 6.07) is 5.86. The van der Waals surface area contributed by atoms with Crippen molar-refractivity contribution in [3.05, 3.63) is 45.8 Å². The lowest BCUT2D eigenvalue weighted by Gasteiger charge is -2.45. The molecule has 1 aliphatic heterocycles. The summed E-state index contributed by atoms with van der Waals surface area (Å²) in [7, 11) is 0. The highest BCUT2D eigenvalue weighted by Gasteiger charge is 2.52. The van der Waals surface area contributed by atoms with Crippen LogP contribution in [0.1, 0.15) is 18.1 Å². The van der Waals surface area contributed by atoms with Gasteiger partial charge in [0, 0.05) is 17.0 Å². The summed E-state index contributed by atoms with van der Waals surface area (Å²) in [6.07, 6.45) is -5.57. The van der Waals surface area contributed by atoms with E-state index in [-0.39, 0.29) is 11.1 Å². The maximum atomic E-state index is 11.5. The van der Waals surface area contributed by atoms with Gasteiger partial charge in [-0.1, -0.05) is 12.1 Å². The van der Waals surface area contributed by atoms with E-state index in [4.69, 9.17) is 9.15 Å². The Kier molecular flexibility index (Phi) is 3.78. The number of aryl methyl sites for hydroxylation is 1. The molecule has 23 heavy (non-hydrogen) atoms. The van der Waals surface area contributed by atoms with Gasteiger partial charge in [0.15, 0.2) is 0 Å². The topological polar surface area (TPSA) is 120 Å². The van der Waals surface area contributed by atoms with E-state index >= 15 is 0 Å². The molecule has 1 fully saturated rings. The van der Waals surface area contributed by atoms with Gasteiger partial charge in [0.05, 0.1) is 6.10 Å². The molecule has 1 aromatic heterocycles. The van der Waals surface area contributed by atoms with E-state index in [9.17, 15) is 25.2 Å². The van der Waals surface area contributed by atoms with Gasteiger partial charge < -0.3 is 29.6 Å². The number of ether oxygens (including phenoxy) is 1. The molecule has 1 aromatic carbocycles. The summed E-state index contributed by atoms with van der Waals surface area (Å²) < 4.78 is 10.5. The Hall–Kier alpha value is -1.77. The standard InChI is InChI=1S/C16H18O7/c1-7-5-12(17)22-11-6-9(3-4-10(7)11)16(21)15(20)14(19)13(18)8(2)23-16/h3-6,8,13-15,18-21H,1-2H3/t8-,13-,14+,15-,16+/m1/s1. The summed E-state index contributed by atoms with van der Waals surface area (Å²) in [6.45, 7) is 3.22. The monoisotopic (exact) mass is 322 g/mol. The first-order valence-electron chi connectivity index (χ1n) is 7.23.